The maximum Gasteiger partial charge on any atom is 0.200 e. The third kappa shape index (κ3) is 16.8. The van der Waals surface area contributed by atoms with Crippen molar-refractivity contribution in [2.75, 3.05) is 12.8 Å². The molecule has 0 amide bonds. The first kappa shape index (κ1) is 43.5. The zero-order chi connectivity index (χ0) is 34.1. The fraction of sp³-hybridized carbons (Fsp3) is 0.676. The average Bonchev–Trinajstić information content (AvgIpc) is 3.04. The summed E-state index contributed by atoms with van der Waals surface area (Å²) < 4.78 is 78.8. The second kappa shape index (κ2) is 26.6. The van der Waals surface area contributed by atoms with Crippen LogP contribution in [0.3, 0.4) is 0 Å². The average molecular weight is 663 g/mol. The lowest BCUT2D eigenvalue weighted by Gasteiger charge is -2.40. The van der Waals surface area contributed by atoms with Crippen molar-refractivity contribution in [3.05, 3.63) is 59.2 Å². The molecule has 2 aromatic carbocycles. The van der Waals surface area contributed by atoms with Crippen molar-refractivity contribution in [1.82, 2.24) is 0 Å². The fourth-order valence-corrected chi connectivity index (χ4v) is 6.91. The van der Waals surface area contributed by atoms with Crippen molar-refractivity contribution in [1.29, 1.82) is 0 Å². The van der Waals surface area contributed by atoms with Gasteiger partial charge in [0.1, 0.15) is 5.82 Å². The Labute approximate surface area is 273 Å². The summed E-state index contributed by atoms with van der Waals surface area (Å²) in [6, 6.07) is 4.22. The molecule has 0 N–H and O–H groups in total. The summed E-state index contributed by atoms with van der Waals surface area (Å²) in [5.41, 5.74) is -1.96. The van der Waals surface area contributed by atoms with Crippen LogP contribution in [0.15, 0.2) is 24.3 Å². The van der Waals surface area contributed by atoms with Gasteiger partial charge in [0.05, 0.1) is 11.7 Å². The van der Waals surface area contributed by atoms with Gasteiger partial charge in [0.2, 0.25) is 5.82 Å². The van der Waals surface area contributed by atoms with Gasteiger partial charge in [-0.15, -0.1) is 0 Å². The van der Waals surface area contributed by atoms with Crippen molar-refractivity contribution in [2.24, 2.45) is 0 Å². The lowest BCUT2D eigenvalue weighted by atomic mass is 9.17. The van der Waals surface area contributed by atoms with E-state index in [2.05, 4.69) is 41.3 Å². The van der Waals surface area contributed by atoms with Crippen molar-refractivity contribution in [2.45, 2.75) is 150 Å². The van der Waals surface area contributed by atoms with Crippen molar-refractivity contribution < 1.29 is 26.3 Å². The van der Waals surface area contributed by atoms with Gasteiger partial charge in [-0.1, -0.05) is 136 Å². The Morgan fingerprint density at radius 3 is 1.16 bits per heavy atom. The molecule has 0 radical (unpaired) electrons. The van der Waals surface area contributed by atoms with E-state index in [-0.39, 0.29) is 6.15 Å². The highest BCUT2D eigenvalue weighted by Gasteiger charge is 2.27. The van der Waals surface area contributed by atoms with Crippen molar-refractivity contribution >= 4 is 14.7 Å². The zero-order valence-electron chi connectivity index (χ0n) is 29.2. The van der Waals surface area contributed by atoms with Crippen LogP contribution in [0.5, 0.6) is 0 Å². The van der Waals surface area contributed by atoms with Crippen LogP contribution in [-0.4, -0.2) is 19.0 Å². The molecular weight excluding hydrogens is 600 g/mol. The lowest BCUT2D eigenvalue weighted by molar-refractivity contribution is 0.381. The molecule has 1 unspecified atom stereocenters. The molecule has 0 aliphatic carbocycles. The second-order valence-electron chi connectivity index (χ2n) is 12.7. The van der Waals surface area contributed by atoms with Crippen molar-refractivity contribution in [3.63, 3.8) is 0 Å². The van der Waals surface area contributed by atoms with Gasteiger partial charge in [-0.2, -0.15) is 25.3 Å². The Kier molecular flexibility index (Phi) is 25.7. The van der Waals surface area contributed by atoms with E-state index in [9.17, 15) is 26.3 Å². The Bertz CT molecular complexity index is 954. The van der Waals surface area contributed by atoms with E-state index >= 15 is 0 Å². The second-order valence-corrected chi connectivity index (χ2v) is 14.1. The van der Waals surface area contributed by atoms with Gasteiger partial charge in [-0.05, 0) is 21.1 Å². The van der Waals surface area contributed by atoms with Gasteiger partial charge in [-0.25, -0.2) is 26.3 Å². The molecule has 45 heavy (non-hydrogen) atoms. The van der Waals surface area contributed by atoms with E-state index in [4.69, 9.17) is 0 Å². The zero-order valence-corrected chi connectivity index (χ0v) is 30.3. The van der Waals surface area contributed by atoms with Crippen LogP contribution in [-0.2, 0) is 0 Å². The fourth-order valence-electron chi connectivity index (χ4n) is 6.09. The molecular formula is C37H62BF6P. The first-order valence-electron chi connectivity index (χ1n) is 17.9. The first-order chi connectivity index (χ1) is 21.6. The summed E-state index contributed by atoms with van der Waals surface area (Å²) in [6.45, 7) is 13.9. The summed E-state index contributed by atoms with van der Waals surface area (Å²) >= 11 is 0. The Morgan fingerprint density at radius 1 is 0.489 bits per heavy atom. The summed E-state index contributed by atoms with van der Waals surface area (Å²) in [4.78, 5) is 0. The molecule has 2 aromatic rings. The molecule has 0 saturated carbocycles. The van der Waals surface area contributed by atoms with Gasteiger partial charge in [0.25, 0.3) is 0 Å². The van der Waals surface area contributed by atoms with E-state index in [0.717, 1.165) is 20.7 Å². The number of benzene rings is 2. The predicted molar refractivity (Wildman–Crippen MR) is 190 cm³/mol. The molecule has 0 bridgehead atoms. The molecule has 0 nitrogen and oxygen atoms in total. The quantitative estimate of drug-likeness (QED) is 0.0331. The molecule has 260 valence electrons. The number of hydrogen-bond donors (Lipinski definition) is 0. The van der Waals surface area contributed by atoms with E-state index in [1.54, 1.807) is 25.3 Å². The largest absolute Gasteiger partial charge is 0.206 e. The number of unbranched alkanes of at least 4 members (excludes halogenated alkanes) is 9. The summed E-state index contributed by atoms with van der Waals surface area (Å²) in [5.74, 6) is -11.7. The van der Waals surface area contributed by atoms with Gasteiger partial charge in [0, 0.05) is 18.4 Å². The highest BCUT2D eigenvalue weighted by Crippen LogP contribution is 2.35. The number of halogens is 6. The molecule has 0 saturated heterocycles. The SMILES string of the molecule is CCCCC[B-](CCCCC)(CCCCC)CCCCC.CCCC[PH2+]C.Fc1ccccc1-c1c(F)c(F)c(F)c(F)c1F. The van der Waals surface area contributed by atoms with Gasteiger partial charge in [-0.3, -0.25) is 0 Å². The minimum atomic E-state index is -2.27. The van der Waals surface area contributed by atoms with Crippen LogP contribution in [0.2, 0.25) is 25.3 Å². The minimum absolute atomic E-state index is 0.0383. The third-order valence-corrected chi connectivity index (χ3v) is 9.87. The van der Waals surface area contributed by atoms with Crippen LogP contribution in [0.1, 0.15) is 125 Å². The Balaban J connectivity index is 0.000000733. The summed E-state index contributed by atoms with van der Waals surface area (Å²) in [5, 5.41) is 0. The van der Waals surface area contributed by atoms with E-state index < -0.39 is 46.0 Å². The van der Waals surface area contributed by atoms with Crippen LogP contribution in [0.25, 0.3) is 11.1 Å². The molecule has 2 rings (SSSR count). The Morgan fingerprint density at radius 2 is 0.844 bits per heavy atom. The monoisotopic (exact) mass is 662 g/mol. The van der Waals surface area contributed by atoms with Gasteiger partial charge in [0.15, 0.2) is 23.3 Å². The highest BCUT2D eigenvalue weighted by atomic mass is 31.1. The lowest BCUT2D eigenvalue weighted by Crippen LogP contribution is -2.33. The smallest absolute Gasteiger partial charge is 0.200 e. The topological polar surface area (TPSA) is 0 Å². The summed E-state index contributed by atoms with van der Waals surface area (Å²) in [7, 11) is 0.784. The van der Waals surface area contributed by atoms with Crippen LogP contribution in [0.4, 0.5) is 26.3 Å². The normalized spacial score (nSPS) is 11.4. The van der Waals surface area contributed by atoms with E-state index in [1.165, 1.54) is 108 Å². The van der Waals surface area contributed by atoms with Crippen LogP contribution < -0.4 is 0 Å². The molecule has 0 aromatic heterocycles. The predicted octanol–water partition coefficient (Wildman–Crippen LogP) is 14.2. The molecule has 0 aliphatic heterocycles. The maximum absolute atomic E-state index is 13.4. The van der Waals surface area contributed by atoms with Gasteiger partial charge >= 0.3 is 0 Å². The molecule has 0 spiro atoms. The standard InChI is InChI=1S/C20H44B.C12H4F6.C5H13P/c1-5-9-13-17-21(18-14-10-6-2,19-15-11-7-3)20-16-12-8-4;13-6-4-2-1-3-5(6)7-8(14)10(16)12(18)11(17)9(7)15;1-3-4-5-6-2/h5-20H2,1-4H3;1-4H;6H,3-5H2,1-2H3/q-1;;/p+1. The molecule has 0 fully saturated rings. The minimum Gasteiger partial charge on any atom is -0.206 e. The third-order valence-electron chi connectivity index (χ3n) is 8.88. The van der Waals surface area contributed by atoms with Gasteiger partial charge < -0.3 is 0 Å². The highest BCUT2D eigenvalue weighted by molar-refractivity contribution is 7.36. The van der Waals surface area contributed by atoms with E-state index in [0.29, 0.717) is 0 Å². The maximum atomic E-state index is 13.4. The molecule has 1 atom stereocenters. The number of rotatable bonds is 20. The van der Waals surface area contributed by atoms with Crippen molar-refractivity contribution in [3.8, 4) is 11.1 Å². The Hall–Kier alpha value is -1.49. The molecule has 0 heterocycles. The van der Waals surface area contributed by atoms with Crippen LogP contribution >= 0.6 is 8.58 Å². The first-order valence-corrected chi connectivity index (χ1v) is 19.8. The molecule has 0 aliphatic rings. The molecule has 8 heteroatoms. The van der Waals surface area contributed by atoms with E-state index in [1.807, 2.05) is 0 Å². The van der Waals surface area contributed by atoms with Crippen LogP contribution in [0, 0.1) is 34.9 Å². The summed E-state index contributed by atoms with van der Waals surface area (Å²) in [6.07, 6.45) is 27.9. The number of hydrogen-bond acceptors (Lipinski definition) is 0.